The molecule has 1 aliphatic carbocycles. The molecule has 59 heavy (non-hydrogen) atoms. The largest absolute Gasteiger partial charge is 0.489 e. The molecule has 0 spiro atoms. The van der Waals surface area contributed by atoms with E-state index < -0.39 is 5.41 Å². The molecule has 1 aliphatic rings. The lowest BCUT2D eigenvalue weighted by atomic mass is 9.67. The SMILES string of the molecule is COCCOCCOCCOCCOc1cc(C2(c3ccc(C)c(COCCOCCOCCOCCO)c3)c3cc(C)ccc3-c3ccc(C)cc32)ccc1N(C)C. The smallest absolute Gasteiger partial charge is 0.143 e. The maximum Gasteiger partial charge on any atom is 0.143 e. The average molecular weight is 816 g/mol. The summed E-state index contributed by atoms with van der Waals surface area (Å²) in [4.78, 5) is 2.09. The van der Waals surface area contributed by atoms with Gasteiger partial charge in [0.2, 0.25) is 0 Å². The summed E-state index contributed by atoms with van der Waals surface area (Å²) in [5.74, 6) is 0.798. The Hall–Kier alpha value is -3.88. The van der Waals surface area contributed by atoms with Crippen molar-refractivity contribution in [2.75, 3.05) is 132 Å². The van der Waals surface area contributed by atoms with Gasteiger partial charge in [-0.05, 0) is 77.4 Å². The van der Waals surface area contributed by atoms with Gasteiger partial charge in [0, 0.05) is 21.2 Å². The number of hydrogen-bond donors (Lipinski definition) is 1. The number of aryl methyl sites for hydroxylation is 3. The lowest BCUT2D eigenvalue weighted by molar-refractivity contribution is -0.00747. The highest BCUT2D eigenvalue weighted by Crippen LogP contribution is 2.57. The molecule has 0 saturated carbocycles. The number of ether oxygens (including phenoxy) is 9. The Morgan fingerprint density at radius 3 is 1.51 bits per heavy atom. The van der Waals surface area contributed by atoms with Crippen LogP contribution in [0.1, 0.15) is 44.5 Å². The summed E-state index contributed by atoms with van der Waals surface area (Å²) in [5.41, 5.74) is 12.3. The highest BCUT2D eigenvalue weighted by molar-refractivity contribution is 5.87. The first-order valence-electron chi connectivity index (χ1n) is 20.7. The third kappa shape index (κ3) is 12.6. The van der Waals surface area contributed by atoms with Crippen molar-refractivity contribution in [1.82, 2.24) is 0 Å². The quantitative estimate of drug-likeness (QED) is 0.0524. The van der Waals surface area contributed by atoms with Gasteiger partial charge in [0.25, 0.3) is 0 Å². The van der Waals surface area contributed by atoms with Crippen LogP contribution in [0, 0.1) is 20.8 Å². The van der Waals surface area contributed by atoms with Crippen LogP contribution < -0.4 is 9.64 Å². The van der Waals surface area contributed by atoms with E-state index in [2.05, 4.69) is 98.5 Å². The van der Waals surface area contributed by atoms with Crippen LogP contribution in [0.3, 0.4) is 0 Å². The van der Waals surface area contributed by atoms with Gasteiger partial charge < -0.3 is 52.6 Å². The van der Waals surface area contributed by atoms with E-state index in [4.69, 9.17) is 47.7 Å². The minimum atomic E-state index is -0.624. The molecule has 0 heterocycles. The van der Waals surface area contributed by atoms with Gasteiger partial charge in [-0.2, -0.15) is 0 Å². The lowest BCUT2D eigenvalue weighted by Crippen LogP contribution is -2.29. The zero-order chi connectivity index (χ0) is 41.9. The predicted molar refractivity (Wildman–Crippen MR) is 231 cm³/mol. The van der Waals surface area contributed by atoms with Gasteiger partial charge in [-0.15, -0.1) is 0 Å². The van der Waals surface area contributed by atoms with Crippen LogP contribution >= 0.6 is 0 Å². The van der Waals surface area contributed by atoms with Gasteiger partial charge in [0.15, 0.2) is 0 Å². The minimum Gasteiger partial charge on any atom is -0.489 e. The van der Waals surface area contributed by atoms with E-state index in [1.165, 1.54) is 44.5 Å². The predicted octanol–water partition coefficient (Wildman–Crippen LogP) is 6.67. The van der Waals surface area contributed by atoms with Crippen molar-refractivity contribution in [2.24, 2.45) is 0 Å². The molecule has 4 aromatic carbocycles. The molecule has 0 bridgehead atoms. The highest BCUT2D eigenvalue weighted by Gasteiger charge is 2.47. The molecular weight excluding hydrogens is 751 g/mol. The van der Waals surface area contributed by atoms with E-state index in [1.54, 1.807) is 7.11 Å². The van der Waals surface area contributed by atoms with E-state index in [0.717, 1.165) is 22.6 Å². The summed E-state index contributed by atoms with van der Waals surface area (Å²) in [6.07, 6.45) is 0. The first kappa shape index (κ1) is 46.2. The van der Waals surface area contributed by atoms with Crippen molar-refractivity contribution in [3.8, 4) is 16.9 Å². The third-order valence-electron chi connectivity index (χ3n) is 10.4. The van der Waals surface area contributed by atoms with Crippen molar-refractivity contribution in [3.63, 3.8) is 0 Å². The molecule has 4 aromatic rings. The van der Waals surface area contributed by atoms with Gasteiger partial charge in [-0.1, -0.05) is 71.8 Å². The van der Waals surface area contributed by atoms with E-state index in [-0.39, 0.29) is 6.61 Å². The number of hydrogen-bond acceptors (Lipinski definition) is 11. The van der Waals surface area contributed by atoms with Crippen LogP contribution in [-0.2, 0) is 49.9 Å². The molecule has 5 rings (SSSR count). The fourth-order valence-electron chi connectivity index (χ4n) is 7.43. The fourth-order valence-corrected chi connectivity index (χ4v) is 7.43. The molecule has 0 atom stereocenters. The Balaban J connectivity index is 1.36. The van der Waals surface area contributed by atoms with Crippen LogP contribution in [-0.4, -0.2) is 132 Å². The summed E-state index contributed by atoms with van der Waals surface area (Å²) >= 11 is 0. The molecule has 0 aliphatic heterocycles. The van der Waals surface area contributed by atoms with Crippen molar-refractivity contribution < 1.29 is 47.7 Å². The van der Waals surface area contributed by atoms with Gasteiger partial charge in [0.05, 0.1) is 117 Å². The molecule has 11 nitrogen and oxygen atoms in total. The number of anilines is 1. The van der Waals surface area contributed by atoms with Crippen LogP contribution in [0.4, 0.5) is 5.69 Å². The molecule has 11 heteroatoms. The molecule has 0 amide bonds. The van der Waals surface area contributed by atoms with Crippen molar-refractivity contribution in [3.05, 3.63) is 117 Å². The number of fused-ring (bicyclic) bond motifs is 3. The van der Waals surface area contributed by atoms with Crippen LogP contribution in [0.25, 0.3) is 11.1 Å². The number of rotatable bonds is 29. The van der Waals surface area contributed by atoms with Crippen LogP contribution in [0.2, 0.25) is 0 Å². The summed E-state index contributed by atoms with van der Waals surface area (Å²) in [7, 11) is 5.74. The van der Waals surface area contributed by atoms with E-state index in [0.29, 0.717) is 106 Å². The van der Waals surface area contributed by atoms with Crippen molar-refractivity contribution in [1.29, 1.82) is 0 Å². The van der Waals surface area contributed by atoms with Gasteiger partial charge in [-0.3, -0.25) is 0 Å². The highest BCUT2D eigenvalue weighted by atomic mass is 16.6. The van der Waals surface area contributed by atoms with Crippen LogP contribution in [0.15, 0.2) is 72.8 Å². The Morgan fingerprint density at radius 1 is 0.508 bits per heavy atom. The first-order chi connectivity index (χ1) is 28.8. The number of benzene rings is 4. The van der Waals surface area contributed by atoms with Crippen LogP contribution in [0.5, 0.6) is 5.75 Å². The van der Waals surface area contributed by atoms with E-state index >= 15 is 0 Å². The van der Waals surface area contributed by atoms with Crippen molar-refractivity contribution >= 4 is 5.69 Å². The standard InChI is InChI=1S/C48H65NO10/c1-36-7-12-42-43-13-8-37(2)32-45(43)48(44(42)31-36,40-10-9-38(3)39(33-40)35-58-28-27-56-24-23-54-20-19-52-16-15-50)41-11-14-46(49(4)5)47(34-41)59-30-29-57-26-25-55-22-21-53-18-17-51-6/h7-14,31-34,50H,15-30,35H2,1-6H3. The molecule has 1 N–H and O–H groups in total. The Morgan fingerprint density at radius 2 is 0.983 bits per heavy atom. The van der Waals surface area contributed by atoms with E-state index in [1.807, 2.05) is 14.1 Å². The van der Waals surface area contributed by atoms with E-state index in [9.17, 15) is 0 Å². The number of aliphatic hydroxyl groups excluding tert-OH is 1. The summed E-state index contributed by atoms with van der Waals surface area (Å²) < 4.78 is 51.3. The molecule has 0 aromatic heterocycles. The molecule has 0 radical (unpaired) electrons. The second kappa shape index (κ2) is 24.4. The first-order valence-corrected chi connectivity index (χ1v) is 20.7. The second-order valence-electron chi connectivity index (χ2n) is 14.9. The van der Waals surface area contributed by atoms with Gasteiger partial charge >= 0.3 is 0 Å². The molecular formula is C48H65NO10. The maximum atomic E-state index is 8.80. The summed E-state index contributed by atoms with van der Waals surface area (Å²) in [5, 5.41) is 8.80. The Bertz CT molecular complexity index is 1810. The monoisotopic (exact) mass is 815 g/mol. The third-order valence-corrected chi connectivity index (χ3v) is 10.4. The number of aliphatic hydroxyl groups is 1. The van der Waals surface area contributed by atoms with Crippen molar-refractivity contribution in [2.45, 2.75) is 32.8 Å². The Labute approximate surface area is 351 Å². The normalized spacial score (nSPS) is 12.8. The molecule has 0 saturated heterocycles. The average Bonchev–Trinajstić information content (AvgIpc) is 3.51. The zero-order valence-electron chi connectivity index (χ0n) is 36.0. The van der Waals surface area contributed by atoms with Gasteiger partial charge in [0.1, 0.15) is 12.4 Å². The summed E-state index contributed by atoms with van der Waals surface area (Å²) in [6.45, 7) is 14.1. The molecule has 0 unspecified atom stereocenters. The minimum absolute atomic E-state index is 0.0133. The fraction of sp³-hybridized carbons (Fsp3) is 0.500. The second-order valence-corrected chi connectivity index (χ2v) is 14.9. The summed E-state index contributed by atoms with van der Waals surface area (Å²) in [6, 6.07) is 27.2. The maximum absolute atomic E-state index is 8.80. The van der Waals surface area contributed by atoms with Gasteiger partial charge in [-0.25, -0.2) is 0 Å². The zero-order valence-corrected chi connectivity index (χ0v) is 36.0. The number of methoxy groups -OCH3 is 1. The topological polar surface area (TPSA) is 107 Å². The molecule has 322 valence electrons. The Kier molecular flexibility index (Phi) is 19.1. The lowest BCUT2D eigenvalue weighted by Gasteiger charge is -2.35. The molecule has 0 fully saturated rings. The number of nitrogens with zero attached hydrogens (tertiary/aromatic N) is 1.